The predicted octanol–water partition coefficient (Wildman–Crippen LogP) is 1.30. The van der Waals surface area contributed by atoms with Crippen LogP contribution in [0.3, 0.4) is 0 Å². The summed E-state index contributed by atoms with van der Waals surface area (Å²) < 4.78 is 5.51. The molecule has 3 rings (SSSR count). The van der Waals surface area contributed by atoms with Crippen molar-refractivity contribution < 1.29 is 4.74 Å². The molecule has 0 radical (unpaired) electrons. The fourth-order valence-corrected chi connectivity index (χ4v) is 4.39. The highest BCUT2D eigenvalue weighted by molar-refractivity contribution is 4.91. The van der Waals surface area contributed by atoms with Gasteiger partial charge in [0, 0.05) is 44.9 Å². The Bertz CT molecular complexity index is 287. The van der Waals surface area contributed by atoms with Gasteiger partial charge in [0.1, 0.15) is 0 Å². The molecule has 2 atom stereocenters. The van der Waals surface area contributed by atoms with E-state index in [-0.39, 0.29) is 0 Å². The third-order valence-electron chi connectivity index (χ3n) is 5.62. The second-order valence-electron chi connectivity index (χ2n) is 6.79. The molecule has 3 heterocycles. The molecule has 4 nitrogen and oxygen atoms in total. The molecular formula is C16H31N3O. The first kappa shape index (κ1) is 14.8. The highest BCUT2D eigenvalue weighted by Crippen LogP contribution is 2.27. The van der Waals surface area contributed by atoms with E-state index in [0.29, 0.717) is 6.04 Å². The number of hydrogen-bond acceptors (Lipinski definition) is 4. The summed E-state index contributed by atoms with van der Waals surface area (Å²) in [5.41, 5.74) is 6.11. The van der Waals surface area contributed by atoms with Crippen molar-refractivity contribution in [2.45, 2.75) is 50.6 Å². The summed E-state index contributed by atoms with van der Waals surface area (Å²) in [5, 5.41) is 0. The normalized spacial score (nSPS) is 32.5. The summed E-state index contributed by atoms with van der Waals surface area (Å²) in [6.07, 6.45) is 7.98. The Hall–Kier alpha value is -0.160. The van der Waals surface area contributed by atoms with Crippen LogP contribution >= 0.6 is 0 Å². The third-order valence-corrected chi connectivity index (χ3v) is 5.62. The van der Waals surface area contributed by atoms with Crippen LogP contribution in [0.15, 0.2) is 0 Å². The van der Waals surface area contributed by atoms with E-state index in [1.54, 1.807) is 0 Å². The van der Waals surface area contributed by atoms with Crippen LogP contribution in [0.1, 0.15) is 38.5 Å². The molecule has 0 aromatic carbocycles. The number of piperidine rings is 1. The van der Waals surface area contributed by atoms with Crippen LogP contribution in [0.4, 0.5) is 0 Å². The molecule has 3 fully saturated rings. The van der Waals surface area contributed by atoms with Crippen molar-refractivity contribution in [3.8, 4) is 0 Å². The quantitative estimate of drug-likeness (QED) is 0.843. The molecule has 0 saturated carbocycles. The molecule has 116 valence electrons. The molecule has 0 aromatic rings. The van der Waals surface area contributed by atoms with E-state index < -0.39 is 0 Å². The van der Waals surface area contributed by atoms with Gasteiger partial charge in [-0.05, 0) is 51.1 Å². The lowest BCUT2D eigenvalue weighted by atomic mass is 9.91. The van der Waals surface area contributed by atoms with Gasteiger partial charge in [-0.3, -0.25) is 9.80 Å². The monoisotopic (exact) mass is 281 g/mol. The zero-order valence-corrected chi connectivity index (χ0v) is 12.8. The maximum atomic E-state index is 6.11. The first-order chi connectivity index (χ1) is 9.88. The van der Waals surface area contributed by atoms with Gasteiger partial charge in [-0.25, -0.2) is 0 Å². The van der Waals surface area contributed by atoms with Crippen molar-refractivity contribution in [1.29, 1.82) is 0 Å². The minimum absolute atomic E-state index is 0.591. The number of nitrogens with zero attached hydrogens (tertiary/aromatic N) is 2. The molecule has 0 bridgehead atoms. The first-order valence-electron chi connectivity index (χ1n) is 8.64. The Balaban J connectivity index is 1.54. The standard InChI is InChI=1S/C16H31N3O/c17-12-16(14-5-10-20-11-6-14)19-9-4-15(13-19)18-7-2-1-3-8-18/h14-16H,1-13,17H2. The number of hydrogen-bond donors (Lipinski definition) is 1. The average molecular weight is 281 g/mol. The summed E-state index contributed by atoms with van der Waals surface area (Å²) in [4.78, 5) is 5.43. The molecule has 4 heteroatoms. The molecule has 3 aliphatic heterocycles. The molecule has 0 amide bonds. The van der Waals surface area contributed by atoms with Gasteiger partial charge in [0.15, 0.2) is 0 Å². The van der Waals surface area contributed by atoms with Crippen molar-refractivity contribution in [2.75, 3.05) is 45.9 Å². The molecule has 3 saturated heterocycles. The molecule has 0 spiro atoms. The lowest BCUT2D eigenvalue weighted by Gasteiger charge is -2.37. The number of likely N-dealkylation sites (tertiary alicyclic amines) is 2. The Morgan fingerprint density at radius 3 is 2.45 bits per heavy atom. The zero-order chi connectivity index (χ0) is 13.8. The van der Waals surface area contributed by atoms with Gasteiger partial charge in [0.25, 0.3) is 0 Å². The van der Waals surface area contributed by atoms with Crippen molar-refractivity contribution in [3.05, 3.63) is 0 Å². The molecule has 20 heavy (non-hydrogen) atoms. The lowest BCUT2D eigenvalue weighted by molar-refractivity contribution is 0.0310. The molecule has 2 N–H and O–H groups in total. The van der Waals surface area contributed by atoms with Gasteiger partial charge in [0.05, 0.1) is 0 Å². The van der Waals surface area contributed by atoms with Crippen molar-refractivity contribution in [1.82, 2.24) is 9.80 Å². The SMILES string of the molecule is NCC(C1CCOCC1)N1CCC(N2CCCCC2)C1. The Morgan fingerprint density at radius 1 is 1.00 bits per heavy atom. The van der Waals surface area contributed by atoms with E-state index in [9.17, 15) is 0 Å². The van der Waals surface area contributed by atoms with E-state index in [4.69, 9.17) is 10.5 Å². The highest BCUT2D eigenvalue weighted by Gasteiger charge is 2.35. The van der Waals surface area contributed by atoms with E-state index in [0.717, 1.165) is 31.7 Å². The second-order valence-corrected chi connectivity index (χ2v) is 6.79. The van der Waals surface area contributed by atoms with Crippen molar-refractivity contribution >= 4 is 0 Å². The number of ether oxygens (including phenoxy) is 1. The molecule has 0 aromatic heterocycles. The minimum atomic E-state index is 0.591. The van der Waals surface area contributed by atoms with Gasteiger partial charge in [-0.1, -0.05) is 6.42 Å². The fraction of sp³-hybridized carbons (Fsp3) is 1.00. The lowest BCUT2D eigenvalue weighted by Crippen LogP contribution is -2.48. The second kappa shape index (κ2) is 7.21. The maximum Gasteiger partial charge on any atom is 0.0469 e. The summed E-state index contributed by atoms with van der Waals surface area (Å²) in [7, 11) is 0. The highest BCUT2D eigenvalue weighted by atomic mass is 16.5. The Morgan fingerprint density at radius 2 is 1.75 bits per heavy atom. The Labute approximate surface area is 123 Å². The summed E-state index contributed by atoms with van der Waals surface area (Å²) in [6, 6.07) is 1.39. The van der Waals surface area contributed by atoms with Gasteiger partial charge in [0.2, 0.25) is 0 Å². The van der Waals surface area contributed by atoms with Gasteiger partial charge < -0.3 is 10.5 Å². The number of rotatable bonds is 4. The van der Waals surface area contributed by atoms with Crippen LogP contribution in [-0.2, 0) is 4.74 Å². The summed E-state index contributed by atoms with van der Waals surface area (Å²) in [6.45, 7) is 7.83. The van der Waals surface area contributed by atoms with Crippen molar-refractivity contribution in [3.63, 3.8) is 0 Å². The third kappa shape index (κ3) is 3.35. The van der Waals surface area contributed by atoms with Crippen LogP contribution in [-0.4, -0.2) is 67.8 Å². The molecule has 0 aliphatic carbocycles. The topological polar surface area (TPSA) is 41.7 Å². The van der Waals surface area contributed by atoms with E-state index in [2.05, 4.69) is 9.80 Å². The predicted molar refractivity (Wildman–Crippen MR) is 81.8 cm³/mol. The molecule has 3 aliphatic rings. The van der Waals surface area contributed by atoms with E-state index >= 15 is 0 Å². The maximum absolute atomic E-state index is 6.11. The van der Waals surface area contributed by atoms with Crippen LogP contribution in [0.2, 0.25) is 0 Å². The van der Waals surface area contributed by atoms with Crippen LogP contribution in [0.25, 0.3) is 0 Å². The minimum Gasteiger partial charge on any atom is -0.381 e. The van der Waals surface area contributed by atoms with Crippen LogP contribution in [0.5, 0.6) is 0 Å². The largest absolute Gasteiger partial charge is 0.381 e. The first-order valence-corrected chi connectivity index (χ1v) is 8.64. The molecule has 2 unspecified atom stereocenters. The summed E-state index contributed by atoms with van der Waals surface area (Å²) >= 11 is 0. The van der Waals surface area contributed by atoms with Gasteiger partial charge in [-0.2, -0.15) is 0 Å². The molecular weight excluding hydrogens is 250 g/mol. The summed E-state index contributed by atoms with van der Waals surface area (Å²) in [5.74, 6) is 0.758. The smallest absolute Gasteiger partial charge is 0.0469 e. The zero-order valence-electron chi connectivity index (χ0n) is 12.8. The van der Waals surface area contributed by atoms with E-state index in [1.807, 2.05) is 0 Å². The van der Waals surface area contributed by atoms with Crippen LogP contribution in [0, 0.1) is 5.92 Å². The fourth-order valence-electron chi connectivity index (χ4n) is 4.39. The van der Waals surface area contributed by atoms with Gasteiger partial charge in [-0.15, -0.1) is 0 Å². The average Bonchev–Trinajstić information content (AvgIpc) is 3.00. The van der Waals surface area contributed by atoms with Crippen molar-refractivity contribution in [2.24, 2.45) is 11.7 Å². The Kier molecular flexibility index (Phi) is 5.32. The van der Waals surface area contributed by atoms with Crippen LogP contribution < -0.4 is 5.73 Å². The van der Waals surface area contributed by atoms with Gasteiger partial charge >= 0.3 is 0 Å². The number of nitrogens with two attached hydrogens (primary N) is 1. The van der Waals surface area contributed by atoms with E-state index in [1.165, 1.54) is 64.7 Å².